The molecule has 0 saturated heterocycles. The highest BCUT2D eigenvalue weighted by molar-refractivity contribution is 6.02. The van der Waals surface area contributed by atoms with Crippen molar-refractivity contribution in [3.8, 4) is 12.3 Å². The van der Waals surface area contributed by atoms with Crippen molar-refractivity contribution in [1.29, 1.82) is 0 Å². The molecule has 1 atom stereocenters. The van der Waals surface area contributed by atoms with E-state index in [2.05, 4.69) is 5.92 Å². The molecule has 1 aromatic carbocycles. The van der Waals surface area contributed by atoms with Crippen LogP contribution in [0.4, 0.5) is 0 Å². The van der Waals surface area contributed by atoms with E-state index in [1.807, 2.05) is 30.3 Å². The summed E-state index contributed by atoms with van der Waals surface area (Å²) in [5.74, 6) is 3.03. The average Bonchev–Trinajstić information content (AvgIpc) is 2.56. The number of terminal acetylenes is 1. The Morgan fingerprint density at radius 3 is 2.52 bits per heavy atom. The van der Waals surface area contributed by atoms with Crippen LogP contribution in [0.2, 0.25) is 0 Å². The standard InChI is InChI=1S/C18H24O2Si/c1-2-3-14-17(19)18(20-21,15-10-6-4-7-11-15)16-12-8-5-9-13-16/h1,4,6-7,10-11,16H,3,5,8-9,12-14H2,21H3. The van der Waals surface area contributed by atoms with Crippen LogP contribution in [0.15, 0.2) is 30.3 Å². The van der Waals surface area contributed by atoms with E-state index in [1.54, 1.807) is 0 Å². The van der Waals surface area contributed by atoms with Crippen molar-refractivity contribution in [2.24, 2.45) is 5.92 Å². The highest BCUT2D eigenvalue weighted by Crippen LogP contribution is 2.43. The summed E-state index contributed by atoms with van der Waals surface area (Å²) in [4.78, 5) is 13.0. The Bertz CT molecular complexity index is 500. The summed E-state index contributed by atoms with van der Waals surface area (Å²) in [7, 11) is 0.549. The Kier molecular flexibility index (Phi) is 5.78. The van der Waals surface area contributed by atoms with Gasteiger partial charge in [0.1, 0.15) is 16.1 Å². The molecule has 1 unspecified atom stereocenters. The van der Waals surface area contributed by atoms with Gasteiger partial charge in [-0.3, -0.25) is 4.79 Å². The molecule has 0 N–H and O–H groups in total. The first-order chi connectivity index (χ1) is 10.3. The lowest BCUT2D eigenvalue weighted by Crippen LogP contribution is -2.46. The minimum absolute atomic E-state index is 0.161. The molecule has 0 bridgehead atoms. The Morgan fingerprint density at radius 1 is 1.29 bits per heavy atom. The third-order valence-corrected chi connectivity index (χ3v) is 5.26. The van der Waals surface area contributed by atoms with Gasteiger partial charge in [0.2, 0.25) is 0 Å². The van der Waals surface area contributed by atoms with Crippen LogP contribution in [0.25, 0.3) is 0 Å². The molecule has 21 heavy (non-hydrogen) atoms. The number of rotatable bonds is 6. The van der Waals surface area contributed by atoms with Crippen LogP contribution in [0.1, 0.15) is 50.5 Å². The minimum atomic E-state index is -0.759. The molecule has 0 amide bonds. The van der Waals surface area contributed by atoms with Crippen LogP contribution in [0.5, 0.6) is 0 Å². The first-order valence-corrected chi connectivity index (χ1v) is 8.64. The highest BCUT2D eigenvalue weighted by atomic mass is 28.2. The Hall–Kier alpha value is -1.37. The molecular weight excluding hydrogens is 276 g/mol. The molecule has 1 saturated carbocycles. The molecule has 1 aliphatic carbocycles. The van der Waals surface area contributed by atoms with E-state index in [4.69, 9.17) is 10.8 Å². The van der Waals surface area contributed by atoms with Gasteiger partial charge in [0, 0.05) is 12.8 Å². The van der Waals surface area contributed by atoms with Gasteiger partial charge in [-0.25, -0.2) is 0 Å². The molecule has 112 valence electrons. The number of benzene rings is 1. The van der Waals surface area contributed by atoms with E-state index >= 15 is 0 Å². The van der Waals surface area contributed by atoms with Crippen molar-refractivity contribution in [2.75, 3.05) is 0 Å². The fourth-order valence-corrected chi connectivity index (χ4v) is 4.39. The summed E-state index contributed by atoms with van der Waals surface area (Å²) < 4.78 is 6.04. The Morgan fingerprint density at radius 2 is 1.95 bits per heavy atom. The summed E-state index contributed by atoms with van der Waals surface area (Å²) >= 11 is 0. The van der Waals surface area contributed by atoms with Crippen LogP contribution < -0.4 is 0 Å². The third kappa shape index (κ3) is 3.28. The summed E-state index contributed by atoms with van der Waals surface area (Å²) in [6.45, 7) is 0. The minimum Gasteiger partial charge on any atom is -0.412 e. The SMILES string of the molecule is C#CCCC(=O)C(O[SiH3])(c1ccccc1)C1CCCCC1. The summed E-state index contributed by atoms with van der Waals surface area (Å²) in [6, 6.07) is 10.0. The van der Waals surface area contributed by atoms with E-state index in [9.17, 15) is 4.79 Å². The first kappa shape index (κ1) is 16.0. The molecule has 1 aliphatic rings. The van der Waals surface area contributed by atoms with Gasteiger partial charge in [-0.2, -0.15) is 0 Å². The number of ketones is 1. The van der Waals surface area contributed by atoms with Crippen molar-refractivity contribution in [3.63, 3.8) is 0 Å². The van der Waals surface area contributed by atoms with E-state index in [0.29, 0.717) is 23.3 Å². The van der Waals surface area contributed by atoms with Gasteiger partial charge in [-0.15, -0.1) is 12.3 Å². The molecule has 0 aromatic heterocycles. The maximum absolute atomic E-state index is 13.0. The van der Waals surface area contributed by atoms with Gasteiger partial charge in [0.05, 0.1) is 0 Å². The zero-order chi connectivity index (χ0) is 15.1. The summed E-state index contributed by atoms with van der Waals surface area (Å²) in [5.41, 5.74) is 0.249. The van der Waals surface area contributed by atoms with Crippen molar-refractivity contribution in [1.82, 2.24) is 0 Å². The zero-order valence-electron chi connectivity index (χ0n) is 12.8. The topological polar surface area (TPSA) is 26.3 Å². The van der Waals surface area contributed by atoms with E-state index < -0.39 is 5.60 Å². The highest BCUT2D eigenvalue weighted by Gasteiger charge is 2.46. The quantitative estimate of drug-likeness (QED) is 0.596. The molecule has 2 rings (SSSR count). The summed E-state index contributed by atoms with van der Waals surface area (Å²) in [5, 5.41) is 0. The first-order valence-electron chi connectivity index (χ1n) is 7.83. The molecule has 0 radical (unpaired) electrons. The van der Waals surface area contributed by atoms with Gasteiger partial charge in [0.25, 0.3) is 0 Å². The number of hydrogen-bond acceptors (Lipinski definition) is 2. The largest absolute Gasteiger partial charge is 0.412 e. The van der Waals surface area contributed by atoms with Crippen LogP contribution in [-0.2, 0) is 14.8 Å². The van der Waals surface area contributed by atoms with Crippen LogP contribution in [-0.4, -0.2) is 16.3 Å². The Labute approximate surface area is 130 Å². The predicted molar refractivity (Wildman–Crippen MR) is 88.8 cm³/mol. The lowest BCUT2D eigenvalue weighted by atomic mass is 9.70. The second-order valence-electron chi connectivity index (χ2n) is 5.77. The average molecular weight is 300 g/mol. The van der Waals surface area contributed by atoms with Gasteiger partial charge in [-0.1, -0.05) is 49.6 Å². The fourth-order valence-electron chi connectivity index (χ4n) is 3.59. The van der Waals surface area contributed by atoms with Crippen LogP contribution in [0, 0.1) is 18.3 Å². The molecule has 1 fully saturated rings. The fraction of sp³-hybridized carbons (Fsp3) is 0.500. The van der Waals surface area contributed by atoms with Gasteiger partial charge < -0.3 is 4.43 Å². The van der Waals surface area contributed by atoms with Crippen molar-refractivity contribution in [2.45, 2.75) is 50.5 Å². The van der Waals surface area contributed by atoms with Crippen LogP contribution >= 0.6 is 0 Å². The van der Waals surface area contributed by atoms with Crippen molar-refractivity contribution in [3.05, 3.63) is 35.9 Å². The maximum atomic E-state index is 13.0. The molecular formula is C18H24O2Si. The lowest BCUT2D eigenvalue weighted by molar-refractivity contribution is -0.142. The molecule has 1 aromatic rings. The second kappa shape index (κ2) is 7.58. The zero-order valence-corrected chi connectivity index (χ0v) is 14.8. The van der Waals surface area contributed by atoms with Gasteiger partial charge in [-0.05, 0) is 24.3 Å². The number of carbonyl (C=O) groups excluding carboxylic acids is 1. The third-order valence-electron chi connectivity index (χ3n) is 4.62. The van der Waals surface area contributed by atoms with Crippen molar-refractivity contribution >= 4 is 16.3 Å². The predicted octanol–water partition coefficient (Wildman–Crippen LogP) is 2.74. The smallest absolute Gasteiger partial charge is 0.169 e. The van der Waals surface area contributed by atoms with Crippen LogP contribution in [0.3, 0.4) is 0 Å². The van der Waals surface area contributed by atoms with E-state index in [0.717, 1.165) is 18.4 Å². The van der Waals surface area contributed by atoms with Gasteiger partial charge >= 0.3 is 0 Å². The molecule has 3 heteroatoms. The number of Topliss-reactive ketones (excluding diaryl/α,β-unsaturated/α-hetero) is 1. The molecule has 2 nitrogen and oxygen atoms in total. The second-order valence-corrected chi connectivity index (χ2v) is 6.18. The van der Waals surface area contributed by atoms with E-state index in [-0.39, 0.29) is 11.7 Å². The van der Waals surface area contributed by atoms with Gasteiger partial charge in [0.15, 0.2) is 5.78 Å². The van der Waals surface area contributed by atoms with Crippen molar-refractivity contribution < 1.29 is 9.22 Å². The number of carbonyl (C=O) groups is 1. The normalized spacial score (nSPS) is 18.8. The molecule has 0 aliphatic heterocycles. The monoisotopic (exact) mass is 300 g/mol. The number of hydrogen-bond donors (Lipinski definition) is 0. The lowest BCUT2D eigenvalue weighted by Gasteiger charge is -2.41. The Balaban J connectivity index is 2.40. The van der Waals surface area contributed by atoms with E-state index in [1.165, 1.54) is 19.3 Å². The molecule has 0 heterocycles. The summed E-state index contributed by atoms with van der Waals surface area (Å²) in [6.07, 6.45) is 12.0. The molecule has 0 spiro atoms. The maximum Gasteiger partial charge on any atom is 0.169 e.